The highest BCUT2D eigenvalue weighted by Gasteiger charge is 2.14. The van der Waals surface area contributed by atoms with E-state index in [9.17, 15) is 0 Å². The summed E-state index contributed by atoms with van der Waals surface area (Å²) in [5.41, 5.74) is 2.59. The molecule has 0 unspecified atom stereocenters. The molecule has 0 amide bonds. The molecule has 6 nitrogen and oxygen atoms in total. The number of nitrogens with zero attached hydrogens (tertiary/aromatic N) is 4. The van der Waals surface area contributed by atoms with Crippen molar-refractivity contribution in [3.63, 3.8) is 0 Å². The number of aryl methyl sites for hydroxylation is 2. The van der Waals surface area contributed by atoms with Crippen LogP contribution in [0.5, 0.6) is 0 Å². The van der Waals surface area contributed by atoms with Gasteiger partial charge in [0.2, 0.25) is 0 Å². The van der Waals surface area contributed by atoms with Crippen LogP contribution in [0.15, 0.2) is 10.6 Å². The smallest absolute Gasteiger partial charge is 0.259 e. The van der Waals surface area contributed by atoms with Gasteiger partial charge in [0, 0.05) is 6.04 Å². The molecule has 0 aliphatic carbocycles. The Kier molecular flexibility index (Phi) is 4.21. The lowest BCUT2D eigenvalue weighted by atomic mass is 10.1. The van der Waals surface area contributed by atoms with Crippen molar-refractivity contribution >= 4 is 0 Å². The van der Waals surface area contributed by atoms with Gasteiger partial charge in [0.05, 0.1) is 23.5 Å². The predicted octanol–water partition coefficient (Wildman–Crippen LogP) is 1.90. The average Bonchev–Trinajstić information content (AvgIpc) is 2.85. The van der Waals surface area contributed by atoms with E-state index in [4.69, 9.17) is 4.52 Å². The third kappa shape index (κ3) is 3.35. The molecule has 0 saturated heterocycles. The Labute approximate surface area is 112 Å². The fraction of sp³-hybridized carbons (Fsp3) is 0.538. The van der Waals surface area contributed by atoms with Gasteiger partial charge in [0.1, 0.15) is 0 Å². The minimum atomic E-state index is 0.387. The molecule has 19 heavy (non-hydrogen) atoms. The molecule has 6 heteroatoms. The van der Waals surface area contributed by atoms with Gasteiger partial charge in [-0.2, -0.15) is 15.2 Å². The summed E-state index contributed by atoms with van der Waals surface area (Å²) in [6.45, 7) is 8.67. The van der Waals surface area contributed by atoms with Crippen molar-refractivity contribution in [3.8, 4) is 11.5 Å². The zero-order valence-corrected chi connectivity index (χ0v) is 11.8. The highest BCUT2D eigenvalue weighted by atomic mass is 16.5. The first kappa shape index (κ1) is 13.6. The Bertz CT molecular complexity index is 550. The number of rotatable bonds is 5. The first-order valence-electron chi connectivity index (χ1n) is 6.49. The van der Waals surface area contributed by atoms with Crippen molar-refractivity contribution in [2.45, 2.75) is 46.7 Å². The van der Waals surface area contributed by atoms with E-state index in [-0.39, 0.29) is 0 Å². The predicted molar refractivity (Wildman–Crippen MR) is 71.4 cm³/mol. The van der Waals surface area contributed by atoms with Gasteiger partial charge in [-0.3, -0.25) is 0 Å². The van der Waals surface area contributed by atoms with Gasteiger partial charge in [-0.15, -0.1) is 0 Å². The summed E-state index contributed by atoms with van der Waals surface area (Å²) in [5.74, 6) is 1.16. The maximum atomic E-state index is 5.31. The molecule has 2 aromatic heterocycles. The SMILES string of the molecule is CCc1nnc(C)cc1-c1nc(CNC(C)C)no1. The average molecular weight is 261 g/mol. The fourth-order valence-corrected chi connectivity index (χ4v) is 1.69. The van der Waals surface area contributed by atoms with Crippen molar-refractivity contribution in [1.82, 2.24) is 25.7 Å². The minimum absolute atomic E-state index is 0.387. The summed E-state index contributed by atoms with van der Waals surface area (Å²) in [4.78, 5) is 4.39. The first-order valence-corrected chi connectivity index (χ1v) is 6.49. The zero-order valence-electron chi connectivity index (χ0n) is 11.8. The van der Waals surface area contributed by atoms with E-state index in [2.05, 4.69) is 39.5 Å². The molecule has 0 aliphatic rings. The van der Waals surface area contributed by atoms with Crippen LogP contribution >= 0.6 is 0 Å². The van der Waals surface area contributed by atoms with Crippen LogP contribution in [0.2, 0.25) is 0 Å². The van der Waals surface area contributed by atoms with Crippen LogP contribution in [0, 0.1) is 6.92 Å². The van der Waals surface area contributed by atoms with Gasteiger partial charge in [0.15, 0.2) is 5.82 Å². The zero-order chi connectivity index (χ0) is 13.8. The Morgan fingerprint density at radius 3 is 2.79 bits per heavy atom. The van der Waals surface area contributed by atoms with Gasteiger partial charge >= 0.3 is 0 Å². The van der Waals surface area contributed by atoms with Crippen LogP contribution < -0.4 is 5.32 Å². The molecular weight excluding hydrogens is 242 g/mol. The Balaban J connectivity index is 2.24. The molecule has 0 aliphatic heterocycles. The van der Waals surface area contributed by atoms with Crippen molar-refractivity contribution in [1.29, 1.82) is 0 Å². The molecule has 2 heterocycles. The molecule has 0 radical (unpaired) electrons. The lowest BCUT2D eigenvalue weighted by Gasteiger charge is -2.03. The lowest BCUT2D eigenvalue weighted by Crippen LogP contribution is -2.22. The van der Waals surface area contributed by atoms with E-state index in [1.807, 2.05) is 19.9 Å². The quantitative estimate of drug-likeness (QED) is 0.885. The van der Waals surface area contributed by atoms with Crippen LogP contribution in [-0.2, 0) is 13.0 Å². The Morgan fingerprint density at radius 1 is 1.32 bits per heavy atom. The van der Waals surface area contributed by atoms with Crippen LogP contribution in [0.1, 0.15) is 38.0 Å². The van der Waals surface area contributed by atoms with Gasteiger partial charge in [0.25, 0.3) is 5.89 Å². The van der Waals surface area contributed by atoms with Crippen molar-refractivity contribution < 1.29 is 4.52 Å². The monoisotopic (exact) mass is 261 g/mol. The molecule has 1 N–H and O–H groups in total. The highest BCUT2D eigenvalue weighted by molar-refractivity contribution is 5.56. The van der Waals surface area contributed by atoms with E-state index < -0.39 is 0 Å². The van der Waals surface area contributed by atoms with Crippen LogP contribution in [0.3, 0.4) is 0 Å². The standard InChI is InChI=1S/C13H19N5O/c1-5-11-10(6-9(4)16-17-11)13-15-12(18-19-13)7-14-8(2)3/h6,8,14H,5,7H2,1-4H3. The summed E-state index contributed by atoms with van der Waals surface area (Å²) in [6.07, 6.45) is 0.782. The molecule has 0 fully saturated rings. The molecule has 0 spiro atoms. The third-order valence-electron chi connectivity index (χ3n) is 2.69. The molecule has 0 saturated carbocycles. The van der Waals surface area contributed by atoms with E-state index in [1.54, 1.807) is 0 Å². The molecule has 0 bridgehead atoms. The van der Waals surface area contributed by atoms with Crippen LogP contribution in [0.4, 0.5) is 0 Å². The van der Waals surface area contributed by atoms with E-state index in [0.29, 0.717) is 24.3 Å². The molecular formula is C13H19N5O. The van der Waals surface area contributed by atoms with Gasteiger partial charge in [-0.25, -0.2) is 0 Å². The summed E-state index contributed by atoms with van der Waals surface area (Å²) >= 11 is 0. The maximum Gasteiger partial charge on any atom is 0.259 e. The summed E-state index contributed by atoms with van der Waals surface area (Å²) in [6, 6.07) is 2.32. The van der Waals surface area contributed by atoms with Crippen LogP contribution in [-0.4, -0.2) is 26.4 Å². The second-order valence-corrected chi connectivity index (χ2v) is 4.75. The Hall–Kier alpha value is -1.82. The van der Waals surface area contributed by atoms with Crippen LogP contribution in [0.25, 0.3) is 11.5 Å². The number of aromatic nitrogens is 4. The largest absolute Gasteiger partial charge is 0.334 e. The topological polar surface area (TPSA) is 76.7 Å². The highest BCUT2D eigenvalue weighted by Crippen LogP contribution is 2.21. The molecule has 2 rings (SSSR count). The lowest BCUT2D eigenvalue weighted by molar-refractivity contribution is 0.416. The molecule has 0 atom stereocenters. The van der Waals surface area contributed by atoms with Gasteiger partial charge in [-0.05, 0) is 19.4 Å². The third-order valence-corrected chi connectivity index (χ3v) is 2.69. The number of nitrogens with one attached hydrogen (secondary N) is 1. The number of hydrogen-bond donors (Lipinski definition) is 1. The molecule has 2 aromatic rings. The maximum absolute atomic E-state index is 5.31. The molecule has 0 aromatic carbocycles. The van der Waals surface area contributed by atoms with E-state index >= 15 is 0 Å². The molecule has 102 valence electrons. The van der Waals surface area contributed by atoms with E-state index in [0.717, 1.165) is 23.4 Å². The Morgan fingerprint density at radius 2 is 2.11 bits per heavy atom. The summed E-state index contributed by atoms with van der Waals surface area (Å²) in [7, 11) is 0. The second kappa shape index (κ2) is 5.88. The minimum Gasteiger partial charge on any atom is -0.334 e. The normalized spacial score (nSPS) is 11.2. The summed E-state index contributed by atoms with van der Waals surface area (Å²) < 4.78 is 5.31. The van der Waals surface area contributed by atoms with Crippen molar-refractivity contribution in [3.05, 3.63) is 23.3 Å². The summed E-state index contributed by atoms with van der Waals surface area (Å²) in [5, 5.41) is 15.4. The van der Waals surface area contributed by atoms with Crippen molar-refractivity contribution in [2.75, 3.05) is 0 Å². The van der Waals surface area contributed by atoms with Gasteiger partial charge < -0.3 is 9.84 Å². The number of hydrogen-bond acceptors (Lipinski definition) is 6. The first-order chi connectivity index (χ1) is 9.10. The van der Waals surface area contributed by atoms with Gasteiger partial charge in [-0.1, -0.05) is 25.9 Å². The van der Waals surface area contributed by atoms with E-state index in [1.165, 1.54) is 0 Å². The van der Waals surface area contributed by atoms with Crippen molar-refractivity contribution in [2.24, 2.45) is 0 Å². The fourth-order valence-electron chi connectivity index (χ4n) is 1.69. The second-order valence-electron chi connectivity index (χ2n) is 4.75.